The molecule has 21 heavy (non-hydrogen) atoms. The molecule has 1 aliphatic heterocycles. The maximum Gasteiger partial charge on any atom is 0.273 e. The van der Waals surface area contributed by atoms with E-state index in [0.717, 1.165) is 42.9 Å². The molecule has 5 heteroatoms. The molecular formula is C16H20N4O. The third-order valence-corrected chi connectivity index (χ3v) is 3.83. The molecule has 5 nitrogen and oxygen atoms in total. The summed E-state index contributed by atoms with van der Waals surface area (Å²) in [6.07, 6.45) is 3.08. The van der Waals surface area contributed by atoms with Crippen LogP contribution in [0.15, 0.2) is 24.3 Å². The predicted molar refractivity (Wildman–Crippen MR) is 83.8 cm³/mol. The van der Waals surface area contributed by atoms with Crippen LogP contribution in [0.5, 0.6) is 0 Å². The summed E-state index contributed by atoms with van der Waals surface area (Å²) in [7, 11) is 1.79. The van der Waals surface area contributed by atoms with Crippen LogP contribution in [0.25, 0.3) is 0 Å². The van der Waals surface area contributed by atoms with Crippen LogP contribution < -0.4 is 10.6 Å². The van der Waals surface area contributed by atoms with Crippen molar-refractivity contribution in [3.05, 3.63) is 41.2 Å². The number of hydrogen-bond acceptors (Lipinski definition) is 3. The van der Waals surface area contributed by atoms with E-state index in [1.165, 1.54) is 5.56 Å². The fourth-order valence-corrected chi connectivity index (χ4v) is 2.65. The summed E-state index contributed by atoms with van der Waals surface area (Å²) in [5.74, 6) is -0.125. The summed E-state index contributed by atoms with van der Waals surface area (Å²) in [4.78, 5) is 12.3. The van der Waals surface area contributed by atoms with Crippen molar-refractivity contribution in [2.24, 2.45) is 7.05 Å². The number of carbonyl (C=O) groups excluding carboxylic acids is 1. The minimum absolute atomic E-state index is 0.125. The van der Waals surface area contributed by atoms with Gasteiger partial charge in [-0.25, -0.2) is 0 Å². The van der Waals surface area contributed by atoms with Gasteiger partial charge >= 0.3 is 0 Å². The first-order valence-electron chi connectivity index (χ1n) is 7.38. The molecule has 0 spiro atoms. The highest BCUT2D eigenvalue weighted by Gasteiger charge is 2.14. The molecule has 1 aromatic carbocycles. The standard InChI is InChI=1S/C16H20N4O/c1-3-12-10-15(20(2)19-12)16(21)18-13-7-6-11-5-4-8-17-14(11)9-13/h6-7,9-10,17H,3-5,8H2,1-2H3,(H,18,21). The summed E-state index contributed by atoms with van der Waals surface area (Å²) < 4.78 is 1.63. The highest BCUT2D eigenvalue weighted by atomic mass is 16.2. The molecule has 0 bridgehead atoms. The highest BCUT2D eigenvalue weighted by Crippen LogP contribution is 2.25. The second-order valence-corrected chi connectivity index (χ2v) is 5.35. The van der Waals surface area contributed by atoms with E-state index < -0.39 is 0 Å². The summed E-state index contributed by atoms with van der Waals surface area (Å²) in [5, 5.41) is 10.6. The summed E-state index contributed by atoms with van der Waals surface area (Å²) in [5.41, 5.74) is 4.76. The maximum atomic E-state index is 12.3. The van der Waals surface area contributed by atoms with Gasteiger partial charge in [0.1, 0.15) is 5.69 Å². The number of amides is 1. The highest BCUT2D eigenvalue weighted by molar-refractivity contribution is 6.03. The van der Waals surface area contributed by atoms with Gasteiger partial charge in [0, 0.05) is 25.0 Å². The fourth-order valence-electron chi connectivity index (χ4n) is 2.65. The van der Waals surface area contributed by atoms with E-state index in [1.54, 1.807) is 11.7 Å². The van der Waals surface area contributed by atoms with Gasteiger partial charge in [-0.3, -0.25) is 9.48 Å². The Kier molecular flexibility index (Phi) is 3.64. The fraction of sp³-hybridized carbons (Fsp3) is 0.375. The van der Waals surface area contributed by atoms with Crippen molar-refractivity contribution in [1.82, 2.24) is 9.78 Å². The molecule has 1 aromatic heterocycles. The van der Waals surface area contributed by atoms with Gasteiger partial charge in [0.25, 0.3) is 5.91 Å². The lowest BCUT2D eigenvalue weighted by molar-refractivity contribution is 0.101. The SMILES string of the molecule is CCc1cc(C(=O)Nc2ccc3c(c2)NCCC3)n(C)n1. The van der Waals surface area contributed by atoms with Crippen molar-refractivity contribution in [3.8, 4) is 0 Å². The van der Waals surface area contributed by atoms with Crippen molar-refractivity contribution >= 4 is 17.3 Å². The zero-order valence-corrected chi connectivity index (χ0v) is 12.4. The summed E-state index contributed by atoms with van der Waals surface area (Å²) >= 11 is 0. The Morgan fingerprint density at radius 2 is 2.29 bits per heavy atom. The molecule has 0 unspecified atom stereocenters. The van der Waals surface area contributed by atoms with E-state index in [0.29, 0.717) is 5.69 Å². The Morgan fingerprint density at radius 1 is 1.43 bits per heavy atom. The molecule has 1 aliphatic rings. The molecule has 0 saturated carbocycles. The molecular weight excluding hydrogens is 264 g/mol. The number of fused-ring (bicyclic) bond motifs is 1. The Hall–Kier alpha value is -2.30. The smallest absolute Gasteiger partial charge is 0.273 e. The monoisotopic (exact) mass is 284 g/mol. The number of aryl methyl sites for hydroxylation is 3. The van der Waals surface area contributed by atoms with E-state index in [-0.39, 0.29) is 5.91 Å². The lowest BCUT2D eigenvalue weighted by atomic mass is 10.0. The van der Waals surface area contributed by atoms with Crippen LogP contribution in [0.4, 0.5) is 11.4 Å². The number of nitrogens with zero attached hydrogens (tertiary/aromatic N) is 2. The van der Waals surface area contributed by atoms with E-state index in [2.05, 4.69) is 21.8 Å². The Labute approximate surface area is 124 Å². The third kappa shape index (κ3) is 2.77. The van der Waals surface area contributed by atoms with Gasteiger partial charge in [0.05, 0.1) is 5.69 Å². The van der Waals surface area contributed by atoms with Gasteiger partial charge < -0.3 is 10.6 Å². The minimum Gasteiger partial charge on any atom is -0.385 e. The largest absolute Gasteiger partial charge is 0.385 e. The predicted octanol–water partition coefficient (Wildman–Crippen LogP) is 2.59. The van der Waals surface area contributed by atoms with Crippen LogP contribution >= 0.6 is 0 Å². The molecule has 0 fully saturated rings. The first-order chi connectivity index (χ1) is 10.2. The normalized spacial score (nSPS) is 13.4. The molecule has 1 amide bonds. The third-order valence-electron chi connectivity index (χ3n) is 3.83. The molecule has 2 heterocycles. The minimum atomic E-state index is -0.125. The van der Waals surface area contributed by atoms with E-state index in [9.17, 15) is 4.79 Å². The first-order valence-corrected chi connectivity index (χ1v) is 7.38. The van der Waals surface area contributed by atoms with E-state index >= 15 is 0 Å². The van der Waals surface area contributed by atoms with Gasteiger partial charge in [-0.1, -0.05) is 13.0 Å². The number of nitrogens with one attached hydrogen (secondary N) is 2. The lowest BCUT2D eigenvalue weighted by Gasteiger charge is -2.18. The topological polar surface area (TPSA) is 59.0 Å². The number of carbonyl (C=O) groups is 1. The van der Waals surface area contributed by atoms with Crippen molar-refractivity contribution in [3.63, 3.8) is 0 Å². The maximum absolute atomic E-state index is 12.3. The average molecular weight is 284 g/mol. The van der Waals surface area contributed by atoms with E-state index in [4.69, 9.17) is 0 Å². The summed E-state index contributed by atoms with van der Waals surface area (Å²) in [6.45, 7) is 3.02. The van der Waals surface area contributed by atoms with Crippen LogP contribution in [0.3, 0.4) is 0 Å². The van der Waals surface area contributed by atoms with Crippen molar-refractivity contribution in [2.75, 3.05) is 17.2 Å². The van der Waals surface area contributed by atoms with Crippen LogP contribution in [-0.4, -0.2) is 22.2 Å². The van der Waals surface area contributed by atoms with Crippen LogP contribution in [0, 0.1) is 0 Å². The molecule has 110 valence electrons. The van der Waals surface area contributed by atoms with Crippen LogP contribution in [0.2, 0.25) is 0 Å². The Morgan fingerprint density at radius 3 is 3.05 bits per heavy atom. The number of rotatable bonds is 3. The number of anilines is 2. The zero-order chi connectivity index (χ0) is 14.8. The molecule has 0 saturated heterocycles. The van der Waals surface area contributed by atoms with Crippen molar-refractivity contribution < 1.29 is 4.79 Å². The van der Waals surface area contributed by atoms with Gasteiger partial charge in [0.15, 0.2) is 0 Å². The first kappa shape index (κ1) is 13.7. The molecule has 0 atom stereocenters. The Bertz CT molecular complexity index is 675. The van der Waals surface area contributed by atoms with Gasteiger partial charge in [0.2, 0.25) is 0 Å². The summed E-state index contributed by atoms with van der Waals surface area (Å²) in [6, 6.07) is 7.88. The van der Waals surface area contributed by atoms with Crippen molar-refractivity contribution in [1.29, 1.82) is 0 Å². The Balaban J connectivity index is 1.79. The van der Waals surface area contributed by atoms with Crippen LogP contribution in [-0.2, 0) is 19.9 Å². The zero-order valence-electron chi connectivity index (χ0n) is 12.4. The van der Waals surface area contributed by atoms with E-state index in [1.807, 2.05) is 25.1 Å². The van der Waals surface area contributed by atoms with Crippen LogP contribution in [0.1, 0.15) is 35.1 Å². The second kappa shape index (κ2) is 5.60. The number of hydrogen-bond donors (Lipinski definition) is 2. The molecule has 2 aromatic rings. The average Bonchev–Trinajstić information content (AvgIpc) is 2.88. The molecule has 0 aliphatic carbocycles. The number of benzene rings is 1. The molecule has 3 rings (SSSR count). The number of aromatic nitrogens is 2. The van der Waals surface area contributed by atoms with Gasteiger partial charge in [-0.05, 0) is 43.0 Å². The second-order valence-electron chi connectivity index (χ2n) is 5.35. The quantitative estimate of drug-likeness (QED) is 0.911. The lowest BCUT2D eigenvalue weighted by Crippen LogP contribution is -2.17. The van der Waals surface area contributed by atoms with Crippen molar-refractivity contribution in [2.45, 2.75) is 26.2 Å². The van der Waals surface area contributed by atoms with Gasteiger partial charge in [-0.15, -0.1) is 0 Å². The van der Waals surface area contributed by atoms with Gasteiger partial charge in [-0.2, -0.15) is 5.10 Å². The molecule has 0 radical (unpaired) electrons. The molecule has 2 N–H and O–H groups in total.